The summed E-state index contributed by atoms with van der Waals surface area (Å²) in [6.07, 6.45) is 0. The highest BCUT2D eigenvalue weighted by Gasteiger charge is 2.15. The number of aromatic nitrogens is 2. The van der Waals surface area contributed by atoms with E-state index >= 15 is 0 Å². The van der Waals surface area contributed by atoms with E-state index in [9.17, 15) is 9.90 Å². The average molecular weight is 347 g/mol. The van der Waals surface area contributed by atoms with Crippen molar-refractivity contribution < 1.29 is 14.6 Å². The number of halogens is 1. The molecule has 0 aliphatic heterocycles. The highest BCUT2D eigenvalue weighted by molar-refractivity contribution is 9.10. The molecule has 0 fully saturated rings. The number of carboxylic acid groups (broad SMARTS) is 1. The van der Waals surface area contributed by atoms with Gasteiger partial charge in [-0.2, -0.15) is 0 Å². The third-order valence-corrected chi connectivity index (χ3v) is 3.86. The molecule has 2 N–H and O–H groups in total. The quantitative estimate of drug-likeness (QED) is 0.758. The van der Waals surface area contributed by atoms with E-state index in [1.54, 1.807) is 19.2 Å². The fourth-order valence-electron chi connectivity index (χ4n) is 2.15. The normalized spacial score (nSPS) is 10.8. The number of H-pyrrole nitrogens is 1. The van der Waals surface area contributed by atoms with Crippen LogP contribution in [0.5, 0.6) is 5.75 Å². The molecule has 0 unspecified atom stereocenters. The van der Waals surface area contributed by atoms with Gasteiger partial charge in [0, 0.05) is 10.0 Å². The molecule has 5 nitrogen and oxygen atoms in total. The molecule has 21 heavy (non-hydrogen) atoms. The van der Waals surface area contributed by atoms with Crippen LogP contribution < -0.4 is 4.74 Å². The van der Waals surface area contributed by atoms with Crippen LogP contribution in [0.4, 0.5) is 0 Å². The second-order valence-corrected chi connectivity index (χ2v) is 5.29. The monoisotopic (exact) mass is 346 g/mol. The van der Waals surface area contributed by atoms with Crippen molar-refractivity contribution in [1.82, 2.24) is 9.97 Å². The van der Waals surface area contributed by atoms with E-state index < -0.39 is 5.97 Å². The first-order chi connectivity index (χ1) is 10.1. The minimum Gasteiger partial charge on any atom is -0.497 e. The van der Waals surface area contributed by atoms with Crippen molar-refractivity contribution in [3.8, 4) is 17.1 Å². The molecule has 0 aliphatic carbocycles. The van der Waals surface area contributed by atoms with Gasteiger partial charge in [0.2, 0.25) is 0 Å². The summed E-state index contributed by atoms with van der Waals surface area (Å²) in [7, 11) is 1.59. The smallest absolute Gasteiger partial charge is 0.337 e. The number of carboxylic acids is 1. The number of para-hydroxylation sites is 1. The molecule has 3 aromatic rings. The van der Waals surface area contributed by atoms with Crippen molar-refractivity contribution in [3.05, 3.63) is 46.4 Å². The maximum Gasteiger partial charge on any atom is 0.337 e. The number of aromatic carboxylic acids is 1. The highest BCUT2D eigenvalue weighted by Crippen LogP contribution is 2.31. The van der Waals surface area contributed by atoms with Crippen molar-refractivity contribution in [2.75, 3.05) is 7.11 Å². The molecule has 0 aliphatic rings. The molecule has 1 heterocycles. The van der Waals surface area contributed by atoms with Crippen LogP contribution in [0.15, 0.2) is 40.9 Å². The summed E-state index contributed by atoms with van der Waals surface area (Å²) in [5, 5.41) is 9.22. The number of fused-ring (bicyclic) bond motifs is 1. The van der Waals surface area contributed by atoms with Crippen molar-refractivity contribution in [2.45, 2.75) is 0 Å². The van der Waals surface area contributed by atoms with E-state index in [4.69, 9.17) is 4.74 Å². The Balaban J connectivity index is 2.22. The van der Waals surface area contributed by atoms with Gasteiger partial charge < -0.3 is 14.8 Å². The SMILES string of the molecule is COc1ccc(Br)c(-c2nc3c(C(=O)O)cccc3[nH]2)c1. The lowest BCUT2D eigenvalue weighted by atomic mass is 10.2. The Morgan fingerprint density at radius 2 is 2.14 bits per heavy atom. The predicted molar refractivity (Wildman–Crippen MR) is 82.7 cm³/mol. The lowest BCUT2D eigenvalue weighted by Gasteiger charge is -2.04. The second-order valence-electron chi connectivity index (χ2n) is 4.44. The zero-order chi connectivity index (χ0) is 15.0. The first kappa shape index (κ1) is 13.6. The molecule has 0 atom stereocenters. The highest BCUT2D eigenvalue weighted by atomic mass is 79.9. The van der Waals surface area contributed by atoms with Gasteiger partial charge in [0.05, 0.1) is 18.2 Å². The van der Waals surface area contributed by atoms with Crippen LogP contribution >= 0.6 is 15.9 Å². The Hall–Kier alpha value is -2.34. The number of hydrogen-bond acceptors (Lipinski definition) is 3. The molecular formula is C15H11BrN2O3. The number of nitrogens with zero attached hydrogens (tertiary/aromatic N) is 1. The largest absolute Gasteiger partial charge is 0.497 e. The molecule has 0 saturated carbocycles. The lowest BCUT2D eigenvalue weighted by Crippen LogP contribution is -1.96. The van der Waals surface area contributed by atoms with Gasteiger partial charge in [0.25, 0.3) is 0 Å². The van der Waals surface area contributed by atoms with E-state index in [0.717, 1.165) is 10.0 Å². The Labute approximate surface area is 128 Å². The number of aromatic amines is 1. The minimum atomic E-state index is -0.997. The van der Waals surface area contributed by atoms with Crippen LogP contribution in [0.3, 0.4) is 0 Å². The number of imidazole rings is 1. The summed E-state index contributed by atoms with van der Waals surface area (Å²) in [5.74, 6) is 0.292. The third kappa shape index (κ3) is 2.38. The summed E-state index contributed by atoms with van der Waals surface area (Å²) >= 11 is 3.47. The van der Waals surface area contributed by atoms with E-state index in [2.05, 4.69) is 25.9 Å². The fourth-order valence-corrected chi connectivity index (χ4v) is 2.58. The van der Waals surface area contributed by atoms with E-state index in [-0.39, 0.29) is 5.56 Å². The Morgan fingerprint density at radius 3 is 2.86 bits per heavy atom. The molecule has 2 aromatic carbocycles. The van der Waals surface area contributed by atoms with Gasteiger partial charge in [-0.1, -0.05) is 22.0 Å². The van der Waals surface area contributed by atoms with Gasteiger partial charge in [-0.15, -0.1) is 0 Å². The summed E-state index contributed by atoms with van der Waals surface area (Å²) in [6, 6.07) is 10.6. The molecule has 0 bridgehead atoms. The van der Waals surface area contributed by atoms with Crippen molar-refractivity contribution in [1.29, 1.82) is 0 Å². The zero-order valence-electron chi connectivity index (χ0n) is 11.1. The number of rotatable bonds is 3. The van der Waals surface area contributed by atoms with Gasteiger partial charge in [0.1, 0.15) is 17.1 Å². The average Bonchev–Trinajstić information content (AvgIpc) is 2.91. The Bertz CT molecular complexity index is 842. The van der Waals surface area contributed by atoms with Crippen LogP contribution in [-0.2, 0) is 0 Å². The molecule has 3 rings (SSSR count). The van der Waals surface area contributed by atoms with E-state index in [1.165, 1.54) is 6.07 Å². The van der Waals surface area contributed by atoms with Crippen LogP contribution in [0.25, 0.3) is 22.4 Å². The van der Waals surface area contributed by atoms with Gasteiger partial charge in [-0.05, 0) is 30.3 Å². The molecular weight excluding hydrogens is 336 g/mol. The summed E-state index contributed by atoms with van der Waals surface area (Å²) in [6.45, 7) is 0. The fraction of sp³-hybridized carbons (Fsp3) is 0.0667. The number of methoxy groups -OCH3 is 1. The van der Waals surface area contributed by atoms with E-state index in [0.29, 0.717) is 22.6 Å². The van der Waals surface area contributed by atoms with Crippen molar-refractivity contribution in [3.63, 3.8) is 0 Å². The van der Waals surface area contributed by atoms with Gasteiger partial charge in [-0.3, -0.25) is 0 Å². The summed E-state index contributed by atoms with van der Waals surface area (Å²) in [5.41, 5.74) is 2.10. The molecule has 0 spiro atoms. The second kappa shape index (κ2) is 5.21. The summed E-state index contributed by atoms with van der Waals surface area (Å²) < 4.78 is 6.06. The first-order valence-corrected chi connectivity index (χ1v) is 6.95. The topological polar surface area (TPSA) is 75.2 Å². The van der Waals surface area contributed by atoms with Crippen molar-refractivity contribution >= 4 is 32.9 Å². The maximum atomic E-state index is 11.2. The maximum absolute atomic E-state index is 11.2. The number of benzene rings is 2. The molecule has 0 amide bonds. The van der Waals surface area contributed by atoms with Crippen LogP contribution in [0.1, 0.15) is 10.4 Å². The Kier molecular flexibility index (Phi) is 3.39. The molecule has 106 valence electrons. The molecule has 0 saturated heterocycles. The van der Waals surface area contributed by atoms with Gasteiger partial charge in [-0.25, -0.2) is 9.78 Å². The van der Waals surface area contributed by atoms with Crippen LogP contribution in [0.2, 0.25) is 0 Å². The predicted octanol–water partition coefficient (Wildman–Crippen LogP) is 3.70. The number of carbonyl (C=O) groups is 1. The van der Waals surface area contributed by atoms with Gasteiger partial charge >= 0.3 is 5.97 Å². The van der Waals surface area contributed by atoms with Crippen LogP contribution in [0, 0.1) is 0 Å². The molecule has 6 heteroatoms. The van der Waals surface area contributed by atoms with Crippen LogP contribution in [-0.4, -0.2) is 28.2 Å². The standard InChI is InChI=1S/C15H11BrN2O3/c1-21-8-5-6-11(16)10(7-8)14-17-12-4-2-3-9(15(19)20)13(12)18-14/h2-7H,1H3,(H,17,18)(H,19,20). The third-order valence-electron chi connectivity index (χ3n) is 3.17. The van der Waals surface area contributed by atoms with Crippen molar-refractivity contribution in [2.24, 2.45) is 0 Å². The zero-order valence-corrected chi connectivity index (χ0v) is 12.6. The number of ether oxygens (including phenoxy) is 1. The first-order valence-electron chi connectivity index (χ1n) is 6.16. The van der Waals surface area contributed by atoms with E-state index in [1.807, 2.05) is 18.2 Å². The number of nitrogens with one attached hydrogen (secondary N) is 1. The summed E-state index contributed by atoms with van der Waals surface area (Å²) in [4.78, 5) is 18.8. The van der Waals surface area contributed by atoms with Gasteiger partial charge in [0.15, 0.2) is 0 Å². The molecule has 0 radical (unpaired) electrons. The lowest BCUT2D eigenvalue weighted by molar-refractivity contribution is 0.0699. The minimum absolute atomic E-state index is 0.175. The molecule has 1 aromatic heterocycles. The Morgan fingerprint density at radius 1 is 1.33 bits per heavy atom. The number of hydrogen-bond donors (Lipinski definition) is 2.